The molecule has 0 fully saturated rings. The molecule has 8 nitrogen and oxygen atoms in total. The van der Waals surface area contributed by atoms with Crippen molar-refractivity contribution in [3.63, 3.8) is 0 Å². The Morgan fingerprint density at radius 1 is 0.853 bits per heavy atom. The number of carbonyl (C=O) groups excluding carboxylic acids is 2. The summed E-state index contributed by atoms with van der Waals surface area (Å²) in [6.07, 6.45) is 0.520. The molecule has 2 heterocycles. The van der Waals surface area contributed by atoms with Gasteiger partial charge in [0, 0.05) is 56.8 Å². The van der Waals surface area contributed by atoms with E-state index in [0.717, 1.165) is 33.3 Å². The Balaban J connectivity index is 1.88. The summed E-state index contributed by atoms with van der Waals surface area (Å²) < 4.78 is 10.5. The summed E-state index contributed by atoms with van der Waals surface area (Å²) in [4.78, 5) is 29.3. The summed E-state index contributed by atoms with van der Waals surface area (Å²) in [5.41, 5.74) is 1.15. The van der Waals surface area contributed by atoms with Crippen molar-refractivity contribution in [1.29, 1.82) is 10.5 Å². The maximum absolute atomic E-state index is 12.7. The van der Waals surface area contributed by atoms with Crippen LogP contribution in [0, 0.1) is 33.5 Å². The Morgan fingerprint density at radius 2 is 1.26 bits per heavy atom. The highest BCUT2D eigenvalue weighted by Gasteiger charge is 2.48. The molecule has 0 spiro atoms. The summed E-state index contributed by atoms with van der Waals surface area (Å²) in [6.45, 7) is 4.33. The highest BCUT2D eigenvalue weighted by Crippen LogP contribution is 2.48. The SMILES string of the molecule is CCOC(=O)[C@@]1(C#N)Cc2ccc3ccc4c(c3c2N(C)C1)N(C)C[C@](C#N)(C(=O)OCC)C4. The molecule has 0 saturated heterocycles. The van der Waals surface area contributed by atoms with Crippen molar-refractivity contribution in [3.05, 3.63) is 35.4 Å². The van der Waals surface area contributed by atoms with Crippen LogP contribution >= 0.6 is 0 Å². The van der Waals surface area contributed by atoms with Crippen LogP contribution in [0.4, 0.5) is 11.4 Å². The third kappa shape index (κ3) is 3.42. The molecule has 8 heteroatoms. The summed E-state index contributed by atoms with van der Waals surface area (Å²) in [6, 6.07) is 12.4. The first kappa shape index (κ1) is 23.4. The third-order valence-corrected chi connectivity index (χ3v) is 6.82. The average Bonchev–Trinajstić information content (AvgIpc) is 2.83. The molecule has 2 aromatic rings. The Labute approximate surface area is 199 Å². The molecule has 2 aromatic carbocycles. The summed E-state index contributed by atoms with van der Waals surface area (Å²) in [5, 5.41) is 21.9. The van der Waals surface area contributed by atoms with E-state index >= 15 is 0 Å². The Bertz CT molecular complexity index is 1170. The van der Waals surface area contributed by atoms with Crippen LogP contribution in [0.1, 0.15) is 25.0 Å². The number of fused-ring (bicyclic) bond motifs is 5. The summed E-state index contributed by atoms with van der Waals surface area (Å²) in [7, 11) is 3.76. The van der Waals surface area contributed by atoms with Crippen molar-refractivity contribution >= 4 is 34.1 Å². The number of nitriles is 2. The zero-order valence-corrected chi connectivity index (χ0v) is 20.0. The van der Waals surface area contributed by atoms with Gasteiger partial charge < -0.3 is 19.3 Å². The quantitative estimate of drug-likeness (QED) is 0.641. The Hall–Kier alpha value is -3.78. The van der Waals surface area contributed by atoms with Gasteiger partial charge in [0.2, 0.25) is 0 Å². The van der Waals surface area contributed by atoms with Crippen LogP contribution < -0.4 is 9.80 Å². The number of esters is 2. The lowest BCUT2D eigenvalue weighted by Crippen LogP contribution is -2.48. The third-order valence-electron chi connectivity index (χ3n) is 6.82. The first-order valence-electron chi connectivity index (χ1n) is 11.4. The molecule has 4 rings (SSSR count). The van der Waals surface area contributed by atoms with Gasteiger partial charge in [0.05, 0.1) is 25.4 Å². The molecule has 0 aliphatic carbocycles. The van der Waals surface area contributed by atoms with E-state index in [2.05, 4.69) is 12.1 Å². The molecular formula is C26H28N4O4. The second-order valence-corrected chi connectivity index (χ2v) is 9.14. The molecule has 0 saturated carbocycles. The molecule has 0 N–H and O–H groups in total. The van der Waals surface area contributed by atoms with E-state index in [0.29, 0.717) is 0 Å². The first-order chi connectivity index (χ1) is 16.3. The van der Waals surface area contributed by atoms with Crippen LogP contribution in [0.15, 0.2) is 24.3 Å². The predicted molar refractivity (Wildman–Crippen MR) is 127 cm³/mol. The average molecular weight is 461 g/mol. The Morgan fingerprint density at radius 3 is 1.62 bits per heavy atom. The number of nitrogens with zero attached hydrogens (tertiary/aromatic N) is 4. The Kier molecular flexibility index (Phi) is 5.87. The molecule has 176 valence electrons. The molecule has 0 radical (unpaired) electrons. The van der Waals surface area contributed by atoms with Gasteiger partial charge in [-0.3, -0.25) is 9.59 Å². The molecule has 0 bridgehead atoms. The fraction of sp³-hybridized carbons (Fsp3) is 0.462. The fourth-order valence-corrected chi connectivity index (χ4v) is 5.41. The van der Waals surface area contributed by atoms with Gasteiger partial charge in [-0.2, -0.15) is 10.5 Å². The van der Waals surface area contributed by atoms with Crippen LogP contribution in [0.2, 0.25) is 0 Å². The topological polar surface area (TPSA) is 107 Å². The van der Waals surface area contributed by atoms with E-state index < -0.39 is 22.8 Å². The summed E-state index contributed by atoms with van der Waals surface area (Å²) >= 11 is 0. The lowest BCUT2D eigenvalue weighted by molar-refractivity contribution is -0.152. The van der Waals surface area contributed by atoms with E-state index in [9.17, 15) is 20.1 Å². The second-order valence-electron chi connectivity index (χ2n) is 9.14. The lowest BCUT2D eigenvalue weighted by Gasteiger charge is -2.41. The van der Waals surface area contributed by atoms with Gasteiger partial charge >= 0.3 is 11.9 Å². The fourth-order valence-electron chi connectivity index (χ4n) is 5.41. The van der Waals surface area contributed by atoms with E-state index in [4.69, 9.17) is 9.47 Å². The van der Waals surface area contributed by atoms with Crippen molar-refractivity contribution in [1.82, 2.24) is 0 Å². The van der Waals surface area contributed by atoms with E-state index in [1.54, 1.807) is 13.8 Å². The minimum absolute atomic E-state index is 0.215. The van der Waals surface area contributed by atoms with Crippen molar-refractivity contribution in [3.8, 4) is 12.1 Å². The number of hydrogen-bond acceptors (Lipinski definition) is 8. The number of anilines is 2. The molecule has 34 heavy (non-hydrogen) atoms. The van der Waals surface area contributed by atoms with Gasteiger partial charge in [0.25, 0.3) is 0 Å². The monoisotopic (exact) mass is 460 g/mol. The lowest BCUT2D eigenvalue weighted by atomic mass is 9.75. The van der Waals surface area contributed by atoms with Crippen molar-refractivity contribution in [2.24, 2.45) is 10.8 Å². The highest BCUT2D eigenvalue weighted by atomic mass is 16.5. The van der Waals surface area contributed by atoms with Crippen molar-refractivity contribution in [2.45, 2.75) is 26.7 Å². The molecule has 0 unspecified atom stereocenters. The van der Waals surface area contributed by atoms with Crippen LogP contribution in [-0.4, -0.2) is 52.3 Å². The minimum atomic E-state index is -1.27. The molecule has 0 aromatic heterocycles. The maximum Gasteiger partial charge on any atom is 0.328 e. The minimum Gasteiger partial charge on any atom is -0.465 e. The van der Waals surface area contributed by atoms with Crippen LogP contribution in [0.3, 0.4) is 0 Å². The van der Waals surface area contributed by atoms with Crippen LogP contribution in [-0.2, 0) is 31.9 Å². The maximum atomic E-state index is 12.7. The van der Waals surface area contributed by atoms with Gasteiger partial charge in [-0.25, -0.2) is 0 Å². The standard InChI is InChI=1S/C26H28N4O4/c1-5-33-23(31)25(13-27)11-18-9-7-17-8-10-19-12-26(14-28,24(32)34-6-2)16-30(4)22(19)20(17)21(18)29(3)15-25/h7-10H,5-6,11-12,15-16H2,1-4H3/t25-,26+. The number of hydrogen-bond donors (Lipinski definition) is 0. The van der Waals surface area contributed by atoms with Crippen LogP contribution in [0.25, 0.3) is 10.8 Å². The molecule has 2 atom stereocenters. The number of ether oxygens (including phenoxy) is 2. The summed E-state index contributed by atoms with van der Waals surface area (Å²) in [5.74, 6) is -1.01. The van der Waals surface area contributed by atoms with Gasteiger partial charge in [0.1, 0.15) is 0 Å². The first-order valence-corrected chi connectivity index (χ1v) is 11.4. The van der Waals surface area contributed by atoms with Crippen molar-refractivity contribution < 1.29 is 19.1 Å². The second kappa shape index (κ2) is 8.53. The van der Waals surface area contributed by atoms with Gasteiger partial charge in [-0.1, -0.05) is 24.3 Å². The van der Waals surface area contributed by atoms with E-state index in [1.807, 2.05) is 48.2 Å². The van der Waals surface area contributed by atoms with Crippen LogP contribution in [0.5, 0.6) is 0 Å². The number of carbonyl (C=O) groups is 2. The van der Waals surface area contributed by atoms with E-state index in [-0.39, 0.29) is 39.1 Å². The largest absolute Gasteiger partial charge is 0.465 e. The zero-order chi connectivity index (χ0) is 24.7. The van der Waals surface area contributed by atoms with E-state index in [1.165, 1.54) is 0 Å². The van der Waals surface area contributed by atoms with Crippen molar-refractivity contribution in [2.75, 3.05) is 50.2 Å². The number of rotatable bonds is 4. The van der Waals surface area contributed by atoms with Gasteiger partial charge in [-0.15, -0.1) is 0 Å². The van der Waals surface area contributed by atoms with Gasteiger partial charge in [0.15, 0.2) is 10.8 Å². The zero-order valence-electron chi connectivity index (χ0n) is 20.0. The highest BCUT2D eigenvalue weighted by molar-refractivity contribution is 6.07. The molecular weight excluding hydrogens is 432 g/mol. The number of benzene rings is 2. The normalized spacial score (nSPS) is 23.4. The smallest absolute Gasteiger partial charge is 0.328 e. The predicted octanol–water partition coefficient (Wildman–Crippen LogP) is 2.97. The molecule has 0 amide bonds. The molecule has 2 aliphatic rings. The van der Waals surface area contributed by atoms with Gasteiger partial charge in [-0.05, 0) is 30.4 Å². The molecule has 2 aliphatic heterocycles.